The fourth-order valence-corrected chi connectivity index (χ4v) is 4.74. The van der Waals surface area contributed by atoms with Crippen LogP contribution < -0.4 is 5.32 Å². The van der Waals surface area contributed by atoms with Gasteiger partial charge in [0.05, 0.1) is 17.0 Å². The largest absolute Gasteiger partial charge is 0.356 e. The monoisotopic (exact) mass is 422 g/mol. The maximum Gasteiger partial charge on any atom is 0.223 e. The standard InChI is InChI=1S/C25H34N4O2/c1-16(2)24-26-15-21(22-13-17(3)29-31-22)23(28-24)19-11-9-18(10-12-19)14-27-25(30)20-7-5-4-6-8-20/h4-5,13,15-16,18-20H,6-12,14H2,1-3H3,(H,27,30)/t18?,19?,20-/m1/s1. The van der Waals surface area contributed by atoms with Gasteiger partial charge in [-0.1, -0.05) is 31.2 Å². The van der Waals surface area contributed by atoms with E-state index in [0.29, 0.717) is 11.8 Å². The Morgan fingerprint density at radius 3 is 2.65 bits per heavy atom. The van der Waals surface area contributed by atoms with Gasteiger partial charge in [0.1, 0.15) is 5.82 Å². The van der Waals surface area contributed by atoms with Gasteiger partial charge in [0.25, 0.3) is 0 Å². The van der Waals surface area contributed by atoms with Gasteiger partial charge >= 0.3 is 0 Å². The van der Waals surface area contributed by atoms with Crippen molar-refractivity contribution in [1.29, 1.82) is 0 Å². The Kier molecular flexibility index (Phi) is 6.83. The number of nitrogens with one attached hydrogen (secondary N) is 1. The highest BCUT2D eigenvalue weighted by Gasteiger charge is 2.28. The maximum absolute atomic E-state index is 12.5. The van der Waals surface area contributed by atoms with Crippen molar-refractivity contribution in [3.05, 3.63) is 41.6 Å². The predicted octanol–water partition coefficient (Wildman–Crippen LogP) is 5.31. The van der Waals surface area contributed by atoms with Gasteiger partial charge in [-0.05, 0) is 57.8 Å². The molecule has 1 saturated carbocycles. The molecule has 1 amide bonds. The van der Waals surface area contributed by atoms with Crippen LogP contribution in [0.4, 0.5) is 0 Å². The highest BCUT2D eigenvalue weighted by molar-refractivity contribution is 5.78. The molecule has 6 heteroatoms. The number of rotatable bonds is 6. The van der Waals surface area contributed by atoms with E-state index in [0.717, 1.165) is 80.0 Å². The van der Waals surface area contributed by atoms with Crippen molar-refractivity contribution in [2.75, 3.05) is 6.54 Å². The number of nitrogens with zero attached hydrogens (tertiary/aromatic N) is 3. The van der Waals surface area contributed by atoms with Crippen molar-refractivity contribution in [2.45, 2.75) is 77.6 Å². The highest BCUT2D eigenvalue weighted by Crippen LogP contribution is 2.39. The molecule has 0 spiro atoms. The normalized spacial score (nSPS) is 23.8. The van der Waals surface area contributed by atoms with E-state index in [2.05, 4.69) is 41.5 Å². The highest BCUT2D eigenvalue weighted by atomic mass is 16.5. The summed E-state index contributed by atoms with van der Waals surface area (Å²) in [7, 11) is 0. The van der Waals surface area contributed by atoms with Gasteiger partial charge in [0.2, 0.25) is 5.91 Å². The Morgan fingerprint density at radius 1 is 1.19 bits per heavy atom. The molecule has 0 aromatic carbocycles. The fraction of sp³-hybridized carbons (Fsp3) is 0.600. The van der Waals surface area contributed by atoms with Crippen molar-refractivity contribution in [2.24, 2.45) is 11.8 Å². The summed E-state index contributed by atoms with van der Waals surface area (Å²) in [5.41, 5.74) is 2.92. The minimum absolute atomic E-state index is 0.157. The van der Waals surface area contributed by atoms with Crippen LogP contribution in [0.2, 0.25) is 0 Å². The van der Waals surface area contributed by atoms with Gasteiger partial charge in [-0.3, -0.25) is 4.79 Å². The van der Waals surface area contributed by atoms with E-state index < -0.39 is 0 Å². The number of hydrogen-bond donors (Lipinski definition) is 1. The van der Waals surface area contributed by atoms with Crippen LogP contribution in [0.25, 0.3) is 11.3 Å². The maximum atomic E-state index is 12.5. The van der Waals surface area contributed by atoms with Gasteiger partial charge in [-0.2, -0.15) is 0 Å². The van der Waals surface area contributed by atoms with Crippen LogP contribution in [0.1, 0.15) is 87.8 Å². The van der Waals surface area contributed by atoms with E-state index in [1.165, 1.54) is 0 Å². The van der Waals surface area contributed by atoms with Gasteiger partial charge in [0, 0.05) is 36.6 Å². The van der Waals surface area contributed by atoms with Crippen LogP contribution in [-0.2, 0) is 4.79 Å². The topological polar surface area (TPSA) is 80.9 Å². The minimum atomic E-state index is 0.157. The summed E-state index contributed by atoms with van der Waals surface area (Å²) in [5.74, 6) is 3.23. The van der Waals surface area contributed by atoms with Crippen LogP contribution in [0, 0.1) is 18.8 Å². The molecular weight excluding hydrogens is 388 g/mol. The lowest BCUT2D eigenvalue weighted by Crippen LogP contribution is -2.35. The first-order valence-corrected chi connectivity index (χ1v) is 11.7. The van der Waals surface area contributed by atoms with E-state index in [4.69, 9.17) is 9.51 Å². The second-order valence-corrected chi connectivity index (χ2v) is 9.46. The Bertz CT molecular complexity index is 925. The molecule has 6 nitrogen and oxygen atoms in total. The average molecular weight is 423 g/mol. The van der Waals surface area contributed by atoms with Gasteiger partial charge in [-0.15, -0.1) is 0 Å². The second-order valence-electron chi connectivity index (χ2n) is 9.46. The number of hydrogen-bond acceptors (Lipinski definition) is 5. The third-order valence-electron chi connectivity index (χ3n) is 6.68. The van der Waals surface area contributed by atoms with Gasteiger partial charge < -0.3 is 9.84 Å². The molecule has 0 radical (unpaired) electrons. The molecule has 166 valence electrons. The summed E-state index contributed by atoms with van der Waals surface area (Å²) in [5, 5.41) is 7.27. The number of carbonyl (C=O) groups excluding carboxylic acids is 1. The molecule has 0 saturated heterocycles. The quantitative estimate of drug-likeness (QED) is 0.638. The lowest BCUT2D eigenvalue weighted by Gasteiger charge is -2.30. The summed E-state index contributed by atoms with van der Waals surface area (Å²) < 4.78 is 5.54. The lowest BCUT2D eigenvalue weighted by atomic mass is 9.79. The third-order valence-corrected chi connectivity index (χ3v) is 6.68. The van der Waals surface area contributed by atoms with E-state index in [1.54, 1.807) is 0 Å². The minimum Gasteiger partial charge on any atom is -0.356 e. The molecule has 2 heterocycles. The number of aromatic nitrogens is 3. The van der Waals surface area contributed by atoms with E-state index in [1.807, 2.05) is 19.2 Å². The van der Waals surface area contributed by atoms with Crippen LogP contribution in [-0.4, -0.2) is 27.6 Å². The molecule has 2 aromatic heterocycles. The molecule has 2 aliphatic rings. The summed E-state index contributed by atoms with van der Waals surface area (Å²) >= 11 is 0. The van der Waals surface area contributed by atoms with Crippen molar-refractivity contribution in [3.63, 3.8) is 0 Å². The van der Waals surface area contributed by atoms with Gasteiger partial charge in [-0.25, -0.2) is 9.97 Å². The zero-order chi connectivity index (χ0) is 21.8. The first kappa shape index (κ1) is 21.7. The molecule has 31 heavy (non-hydrogen) atoms. The summed E-state index contributed by atoms with van der Waals surface area (Å²) in [6.07, 6.45) is 13.5. The summed E-state index contributed by atoms with van der Waals surface area (Å²) in [6, 6.07) is 1.96. The smallest absolute Gasteiger partial charge is 0.223 e. The Labute approximate surface area is 184 Å². The number of aryl methyl sites for hydroxylation is 1. The molecule has 0 bridgehead atoms. The van der Waals surface area contributed by atoms with E-state index >= 15 is 0 Å². The fourth-order valence-electron chi connectivity index (χ4n) is 4.74. The van der Waals surface area contributed by atoms with Crippen molar-refractivity contribution >= 4 is 5.91 Å². The molecular formula is C25H34N4O2. The van der Waals surface area contributed by atoms with E-state index in [-0.39, 0.29) is 17.7 Å². The first-order chi connectivity index (χ1) is 15.0. The van der Waals surface area contributed by atoms with Crippen molar-refractivity contribution in [1.82, 2.24) is 20.4 Å². The molecule has 2 aromatic rings. The van der Waals surface area contributed by atoms with Crippen LogP contribution in [0.3, 0.4) is 0 Å². The van der Waals surface area contributed by atoms with Crippen molar-refractivity contribution in [3.8, 4) is 11.3 Å². The Morgan fingerprint density at radius 2 is 2.00 bits per heavy atom. The van der Waals surface area contributed by atoms with Crippen LogP contribution >= 0.6 is 0 Å². The SMILES string of the molecule is Cc1cc(-c2cnc(C(C)C)nc2C2CCC(CNC(=O)[C@@H]3CC=CCC3)CC2)on1. The van der Waals surface area contributed by atoms with Crippen LogP contribution in [0.5, 0.6) is 0 Å². The molecule has 4 rings (SSSR count). The number of carbonyl (C=O) groups is 1. The summed E-state index contributed by atoms with van der Waals surface area (Å²) in [6.45, 7) is 6.97. The summed E-state index contributed by atoms with van der Waals surface area (Å²) in [4.78, 5) is 22.0. The van der Waals surface area contributed by atoms with Crippen LogP contribution in [0.15, 0.2) is 28.9 Å². The van der Waals surface area contributed by atoms with Gasteiger partial charge in [0.15, 0.2) is 5.76 Å². The Hall–Kier alpha value is -2.50. The average Bonchev–Trinajstić information content (AvgIpc) is 3.24. The molecule has 1 N–H and O–H groups in total. The second kappa shape index (κ2) is 9.75. The zero-order valence-corrected chi connectivity index (χ0v) is 18.9. The molecule has 1 fully saturated rings. The first-order valence-electron chi connectivity index (χ1n) is 11.7. The van der Waals surface area contributed by atoms with E-state index in [9.17, 15) is 4.79 Å². The molecule has 0 aliphatic heterocycles. The molecule has 0 unspecified atom stereocenters. The molecule has 1 atom stereocenters. The molecule has 2 aliphatic carbocycles. The lowest BCUT2D eigenvalue weighted by molar-refractivity contribution is -0.125. The zero-order valence-electron chi connectivity index (χ0n) is 18.9. The third kappa shape index (κ3) is 5.23. The number of amides is 1. The van der Waals surface area contributed by atoms with Crippen molar-refractivity contribution < 1.29 is 9.32 Å². The predicted molar refractivity (Wildman–Crippen MR) is 121 cm³/mol. The number of allylic oxidation sites excluding steroid dienone is 2. The Balaban J connectivity index is 1.40.